The molecule has 0 spiro atoms. The smallest absolute Gasteiger partial charge is 0.155 e. The highest BCUT2D eigenvalue weighted by Crippen LogP contribution is 2.31. The lowest BCUT2D eigenvalue weighted by Crippen LogP contribution is -1.97. The van der Waals surface area contributed by atoms with Gasteiger partial charge in [-0.25, -0.2) is 0 Å². The number of para-hydroxylation sites is 1. The maximum absolute atomic E-state index is 11.6. The normalized spacial score (nSPS) is 16.3. The maximum Gasteiger partial charge on any atom is 0.155 e. The molecule has 1 aliphatic carbocycles. The quantitative estimate of drug-likeness (QED) is 0.792. The highest BCUT2D eigenvalue weighted by molar-refractivity contribution is 5.97. The highest BCUT2D eigenvalue weighted by Gasteiger charge is 2.13. The Morgan fingerprint density at radius 2 is 1.94 bits per heavy atom. The average molecular weight is 230 g/mol. The van der Waals surface area contributed by atoms with Gasteiger partial charge in [-0.05, 0) is 43.9 Å². The van der Waals surface area contributed by atoms with Crippen molar-refractivity contribution < 1.29 is 9.53 Å². The summed E-state index contributed by atoms with van der Waals surface area (Å²) in [5.74, 6) is 1.12. The molecule has 0 aliphatic heterocycles. The van der Waals surface area contributed by atoms with Crippen LogP contribution in [0.1, 0.15) is 38.2 Å². The maximum atomic E-state index is 11.6. The fourth-order valence-electron chi connectivity index (χ4n) is 2.18. The number of carbonyl (C=O) groups excluding carboxylic acids is 1. The first-order valence-electron chi connectivity index (χ1n) is 6.27. The van der Waals surface area contributed by atoms with Crippen LogP contribution in [0.15, 0.2) is 30.3 Å². The number of hydrogen-bond acceptors (Lipinski definition) is 2. The summed E-state index contributed by atoms with van der Waals surface area (Å²) < 4.78 is 5.61. The van der Waals surface area contributed by atoms with Crippen LogP contribution in [0.4, 0.5) is 0 Å². The van der Waals surface area contributed by atoms with Gasteiger partial charge in [0.05, 0.1) is 6.61 Å². The van der Waals surface area contributed by atoms with Gasteiger partial charge in [0.15, 0.2) is 5.78 Å². The second kappa shape index (κ2) is 5.67. The molecule has 2 rings (SSSR count). The van der Waals surface area contributed by atoms with Gasteiger partial charge in [0.2, 0.25) is 0 Å². The highest BCUT2D eigenvalue weighted by atomic mass is 16.5. The van der Waals surface area contributed by atoms with E-state index in [1.807, 2.05) is 31.2 Å². The Hall–Kier alpha value is -1.57. The van der Waals surface area contributed by atoms with Crippen molar-refractivity contribution in [3.05, 3.63) is 35.9 Å². The lowest BCUT2D eigenvalue weighted by Gasteiger charge is -2.12. The predicted octanol–water partition coefficient (Wildman–Crippen LogP) is 3.61. The number of hydrogen-bond donors (Lipinski definition) is 0. The molecule has 0 fully saturated rings. The number of allylic oxidation sites excluding steroid dienone is 2. The van der Waals surface area contributed by atoms with Crippen LogP contribution < -0.4 is 4.74 Å². The summed E-state index contributed by atoms with van der Waals surface area (Å²) in [6.45, 7) is 2.63. The summed E-state index contributed by atoms with van der Waals surface area (Å²) in [5, 5.41) is 0. The van der Waals surface area contributed by atoms with Gasteiger partial charge in [0, 0.05) is 12.0 Å². The molecule has 2 heteroatoms. The van der Waals surface area contributed by atoms with E-state index in [1.165, 1.54) is 0 Å². The Balaban J connectivity index is 2.34. The number of carbonyl (C=O) groups is 1. The van der Waals surface area contributed by atoms with Crippen LogP contribution in [0.2, 0.25) is 0 Å². The average Bonchev–Trinajstić information content (AvgIpc) is 2.55. The molecule has 1 aromatic carbocycles. The van der Waals surface area contributed by atoms with Crippen molar-refractivity contribution >= 4 is 11.4 Å². The molecule has 0 bridgehead atoms. The lowest BCUT2D eigenvalue weighted by molar-refractivity contribution is -0.114. The monoisotopic (exact) mass is 230 g/mol. The van der Waals surface area contributed by atoms with Crippen molar-refractivity contribution in [1.82, 2.24) is 0 Å². The molecule has 0 saturated heterocycles. The van der Waals surface area contributed by atoms with E-state index in [4.69, 9.17) is 4.74 Å². The molecule has 0 amide bonds. The largest absolute Gasteiger partial charge is 0.493 e. The first-order chi connectivity index (χ1) is 8.31. The van der Waals surface area contributed by atoms with E-state index >= 15 is 0 Å². The third-order valence-corrected chi connectivity index (χ3v) is 2.99. The Morgan fingerprint density at radius 3 is 2.76 bits per heavy atom. The van der Waals surface area contributed by atoms with Crippen molar-refractivity contribution in [3.8, 4) is 5.75 Å². The second-order valence-electron chi connectivity index (χ2n) is 4.27. The van der Waals surface area contributed by atoms with Gasteiger partial charge in [0.1, 0.15) is 5.75 Å². The number of rotatable bonds is 3. The molecule has 0 saturated carbocycles. The molecule has 0 atom stereocenters. The molecule has 90 valence electrons. The van der Waals surface area contributed by atoms with Crippen molar-refractivity contribution in [2.24, 2.45) is 0 Å². The zero-order chi connectivity index (χ0) is 12.1. The predicted molar refractivity (Wildman–Crippen MR) is 69.1 cm³/mol. The van der Waals surface area contributed by atoms with Gasteiger partial charge in [-0.15, -0.1) is 0 Å². The summed E-state index contributed by atoms with van der Waals surface area (Å²) >= 11 is 0. The van der Waals surface area contributed by atoms with Gasteiger partial charge in [0.25, 0.3) is 0 Å². The Kier molecular flexibility index (Phi) is 3.97. The van der Waals surface area contributed by atoms with E-state index < -0.39 is 0 Å². The summed E-state index contributed by atoms with van der Waals surface area (Å²) in [6, 6.07) is 7.96. The third kappa shape index (κ3) is 2.96. The Bertz CT molecular complexity index is 432. The summed E-state index contributed by atoms with van der Waals surface area (Å²) in [7, 11) is 0. The van der Waals surface area contributed by atoms with Crippen molar-refractivity contribution in [2.75, 3.05) is 6.61 Å². The molecule has 1 aromatic rings. The van der Waals surface area contributed by atoms with Crippen LogP contribution in [-0.2, 0) is 4.79 Å². The molecule has 0 aromatic heterocycles. The van der Waals surface area contributed by atoms with Crippen LogP contribution in [0, 0.1) is 0 Å². The molecular formula is C15H18O2. The lowest BCUT2D eigenvalue weighted by atomic mass is 10.0. The van der Waals surface area contributed by atoms with Crippen LogP contribution >= 0.6 is 0 Å². The van der Waals surface area contributed by atoms with Crippen molar-refractivity contribution in [2.45, 2.75) is 32.6 Å². The summed E-state index contributed by atoms with van der Waals surface area (Å²) in [4.78, 5) is 11.6. The van der Waals surface area contributed by atoms with E-state index in [0.29, 0.717) is 13.0 Å². The van der Waals surface area contributed by atoms with E-state index in [2.05, 4.69) is 0 Å². The Morgan fingerprint density at radius 1 is 1.18 bits per heavy atom. The van der Waals surface area contributed by atoms with Gasteiger partial charge in [-0.1, -0.05) is 18.2 Å². The minimum atomic E-state index is 0.240. The summed E-state index contributed by atoms with van der Waals surface area (Å²) in [5.41, 5.74) is 2.20. The topological polar surface area (TPSA) is 26.3 Å². The zero-order valence-electron chi connectivity index (χ0n) is 10.2. The van der Waals surface area contributed by atoms with Gasteiger partial charge in [-0.3, -0.25) is 4.79 Å². The standard InChI is InChI=1S/C15H18O2/c1-2-17-15-10-6-5-9-14(15)12-7-3-4-8-13(16)11-12/h5-6,9-11H,2-4,7-8H2,1H3. The summed E-state index contributed by atoms with van der Waals surface area (Å²) in [6.07, 6.45) is 5.52. The Labute approximate surface area is 102 Å². The van der Waals surface area contributed by atoms with Crippen LogP contribution in [0.3, 0.4) is 0 Å². The van der Waals surface area contributed by atoms with Crippen molar-refractivity contribution in [1.29, 1.82) is 0 Å². The molecule has 0 N–H and O–H groups in total. The van der Waals surface area contributed by atoms with E-state index in [0.717, 1.165) is 36.1 Å². The number of ether oxygens (including phenoxy) is 1. The fourth-order valence-corrected chi connectivity index (χ4v) is 2.18. The molecule has 2 nitrogen and oxygen atoms in total. The molecule has 17 heavy (non-hydrogen) atoms. The van der Waals surface area contributed by atoms with Gasteiger partial charge < -0.3 is 4.74 Å². The van der Waals surface area contributed by atoms with Crippen LogP contribution in [0.25, 0.3) is 5.57 Å². The van der Waals surface area contributed by atoms with E-state index in [1.54, 1.807) is 6.08 Å². The molecule has 0 radical (unpaired) electrons. The SMILES string of the molecule is CCOc1ccccc1C1=CC(=O)CCCC1. The third-order valence-electron chi connectivity index (χ3n) is 2.99. The molecule has 0 unspecified atom stereocenters. The molecule has 1 aliphatic rings. The first kappa shape index (κ1) is 11.9. The minimum Gasteiger partial charge on any atom is -0.493 e. The number of benzene rings is 1. The molecule has 0 heterocycles. The van der Waals surface area contributed by atoms with Crippen molar-refractivity contribution in [3.63, 3.8) is 0 Å². The zero-order valence-corrected chi connectivity index (χ0v) is 10.2. The van der Waals surface area contributed by atoms with Crippen LogP contribution in [0.5, 0.6) is 5.75 Å². The van der Waals surface area contributed by atoms with E-state index in [-0.39, 0.29) is 5.78 Å². The minimum absolute atomic E-state index is 0.240. The van der Waals surface area contributed by atoms with E-state index in [9.17, 15) is 4.79 Å². The van der Waals surface area contributed by atoms with Crippen LogP contribution in [-0.4, -0.2) is 12.4 Å². The van der Waals surface area contributed by atoms with Gasteiger partial charge >= 0.3 is 0 Å². The molecular weight excluding hydrogens is 212 g/mol. The van der Waals surface area contributed by atoms with Gasteiger partial charge in [-0.2, -0.15) is 0 Å². The second-order valence-corrected chi connectivity index (χ2v) is 4.27. The first-order valence-corrected chi connectivity index (χ1v) is 6.27. The number of ketones is 1. The fraction of sp³-hybridized carbons (Fsp3) is 0.400.